The van der Waals surface area contributed by atoms with E-state index in [1.807, 2.05) is 0 Å². The standard InChI is InChI=1S/C14H25N3S/c1-9(2)8-10(3)17(4)14-16-12-7-5-6-11(15)13(12)18-14/h9-11H,5-8,15H2,1-4H3. The van der Waals surface area contributed by atoms with Crippen molar-refractivity contribution in [2.24, 2.45) is 11.7 Å². The van der Waals surface area contributed by atoms with E-state index in [0.717, 1.165) is 23.9 Å². The number of anilines is 1. The second kappa shape index (κ2) is 5.57. The van der Waals surface area contributed by atoms with E-state index in [1.54, 1.807) is 11.3 Å². The van der Waals surface area contributed by atoms with Crippen LogP contribution in [0.2, 0.25) is 0 Å². The number of nitrogens with two attached hydrogens (primary N) is 1. The second-order valence-corrected chi connectivity index (χ2v) is 6.90. The van der Waals surface area contributed by atoms with Crippen LogP contribution in [0.5, 0.6) is 0 Å². The maximum absolute atomic E-state index is 6.17. The molecule has 0 aromatic carbocycles. The van der Waals surface area contributed by atoms with Crippen LogP contribution in [-0.4, -0.2) is 18.1 Å². The Hall–Kier alpha value is -0.610. The first kappa shape index (κ1) is 13.8. The summed E-state index contributed by atoms with van der Waals surface area (Å²) < 4.78 is 0. The van der Waals surface area contributed by atoms with Crippen LogP contribution in [-0.2, 0) is 6.42 Å². The van der Waals surface area contributed by atoms with E-state index < -0.39 is 0 Å². The van der Waals surface area contributed by atoms with Crippen molar-refractivity contribution in [1.29, 1.82) is 0 Å². The number of nitrogens with zero attached hydrogens (tertiary/aromatic N) is 2. The molecule has 1 aromatic rings. The van der Waals surface area contributed by atoms with Gasteiger partial charge in [0.15, 0.2) is 5.13 Å². The lowest BCUT2D eigenvalue weighted by molar-refractivity contribution is 0.503. The van der Waals surface area contributed by atoms with Crippen LogP contribution in [0.1, 0.15) is 56.6 Å². The Morgan fingerprint density at radius 3 is 2.78 bits per heavy atom. The smallest absolute Gasteiger partial charge is 0.185 e. The van der Waals surface area contributed by atoms with Gasteiger partial charge in [0, 0.05) is 24.0 Å². The highest BCUT2D eigenvalue weighted by Crippen LogP contribution is 2.36. The fraction of sp³-hybridized carbons (Fsp3) is 0.786. The molecule has 1 aliphatic carbocycles. The normalized spacial score (nSPS) is 20.9. The lowest BCUT2D eigenvalue weighted by Gasteiger charge is -2.25. The molecule has 0 radical (unpaired) electrons. The molecule has 1 aromatic heterocycles. The molecular formula is C14H25N3S. The minimum absolute atomic E-state index is 0.216. The average molecular weight is 267 g/mol. The van der Waals surface area contributed by atoms with Crippen molar-refractivity contribution in [3.8, 4) is 0 Å². The molecule has 2 rings (SSSR count). The van der Waals surface area contributed by atoms with Crippen molar-refractivity contribution >= 4 is 16.5 Å². The van der Waals surface area contributed by atoms with Gasteiger partial charge in [-0.1, -0.05) is 25.2 Å². The molecule has 3 nitrogen and oxygen atoms in total. The van der Waals surface area contributed by atoms with Gasteiger partial charge in [0.05, 0.1) is 5.69 Å². The van der Waals surface area contributed by atoms with Gasteiger partial charge in [0.1, 0.15) is 0 Å². The van der Waals surface area contributed by atoms with Gasteiger partial charge in [0.2, 0.25) is 0 Å². The minimum Gasteiger partial charge on any atom is -0.348 e. The van der Waals surface area contributed by atoms with E-state index in [4.69, 9.17) is 10.7 Å². The SMILES string of the molecule is CC(C)CC(C)N(C)c1nc2c(s1)C(N)CCC2. The molecule has 2 N–H and O–H groups in total. The molecule has 0 saturated heterocycles. The van der Waals surface area contributed by atoms with Crippen LogP contribution in [0.4, 0.5) is 5.13 Å². The van der Waals surface area contributed by atoms with E-state index >= 15 is 0 Å². The number of hydrogen-bond donors (Lipinski definition) is 1. The van der Waals surface area contributed by atoms with Gasteiger partial charge < -0.3 is 10.6 Å². The van der Waals surface area contributed by atoms with Crippen LogP contribution in [0.3, 0.4) is 0 Å². The molecule has 102 valence electrons. The van der Waals surface area contributed by atoms with Gasteiger partial charge in [-0.15, -0.1) is 0 Å². The third kappa shape index (κ3) is 2.86. The van der Waals surface area contributed by atoms with E-state index in [2.05, 4.69) is 32.7 Å². The molecule has 0 aliphatic heterocycles. The molecule has 1 heterocycles. The summed E-state index contributed by atoms with van der Waals surface area (Å²) in [5.74, 6) is 0.722. The number of aryl methyl sites for hydroxylation is 1. The Bertz CT molecular complexity index is 400. The largest absolute Gasteiger partial charge is 0.348 e. The van der Waals surface area contributed by atoms with Crippen molar-refractivity contribution in [3.63, 3.8) is 0 Å². The van der Waals surface area contributed by atoms with Crippen molar-refractivity contribution in [3.05, 3.63) is 10.6 Å². The van der Waals surface area contributed by atoms with Crippen molar-refractivity contribution < 1.29 is 0 Å². The molecule has 0 saturated carbocycles. The maximum Gasteiger partial charge on any atom is 0.185 e. The average Bonchev–Trinajstić information content (AvgIpc) is 2.72. The van der Waals surface area contributed by atoms with Gasteiger partial charge in [-0.05, 0) is 38.5 Å². The van der Waals surface area contributed by atoms with Crippen LogP contribution < -0.4 is 10.6 Å². The highest BCUT2D eigenvalue weighted by Gasteiger charge is 2.24. The first-order valence-corrected chi connectivity index (χ1v) is 7.78. The maximum atomic E-state index is 6.17. The summed E-state index contributed by atoms with van der Waals surface area (Å²) >= 11 is 1.80. The number of fused-ring (bicyclic) bond motifs is 1. The van der Waals surface area contributed by atoms with Crippen LogP contribution in [0.25, 0.3) is 0 Å². The van der Waals surface area contributed by atoms with Crippen molar-refractivity contribution in [2.75, 3.05) is 11.9 Å². The van der Waals surface area contributed by atoms with E-state index in [9.17, 15) is 0 Å². The zero-order valence-corrected chi connectivity index (χ0v) is 12.8. The topological polar surface area (TPSA) is 42.2 Å². The van der Waals surface area contributed by atoms with Crippen LogP contribution in [0, 0.1) is 5.92 Å². The lowest BCUT2D eigenvalue weighted by Crippen LogP contribution is -2.29. The third-order valence-corrected chi connectivity index (χ3v) is 5.08. The summed E-state index contributed by atoms with van der Waals surface area (Å²) in [5, 5.41) is 1.14. The molecule has 0 spiro atoms. The Morgan fingerprint density at radius 2 is 2.17 bits per heavy atom. The first-order chi connectivity index (χ1) is 8.49. The van der Waals surface area contributed by atoms with Gasteiger partial charge in [-0.3, -0.25) is 0 Å². The predicted octanol–water partition coefficient (Wildman–Crippen LogP) is 3.35. The third-order valence-electron chi connectivity index (χ3n) is 3.76. The Morgan fingerprint density at radius 1 is 1.44 bits per heavy atom. The minimum atomic E-state index is 0.216. The highest BCUT2D eigenvalue weighted by atomic mass is 32.1. The molecular weight excluding hydrogens is 242 g/mol. The fourth-order valence-electron chi connectivity index (χ4n) is 2.62. The summed E-state index contributed by atoms with van der Waals surface area (Å²) in [6.45, 7) is 6.82. The quantitative estimate of drug-likeness (QED) is 0.909. The number of rotatable bonds is 4. The van der Waals surface area contributed by atoms with Gasteiger partial charge >= 0.3 is 0 Å². The predicted molar refractivity (Wildman–Crippen MR) is 79.3 cm³/mol. The van der Waals surface area contributed by atoms with Crippen LogP contribution in [0.15, 0.2) is 0 Å². The Labute approximate surface area is 114 Å². The second-order valence-electron chi connectivity index (χ2n) is 5.90. The molecule has 2 unspecified atom stereocenters. The first-order valence-electron chi connectivity index (χ1n) is 6.97. The van der Waals surface area contributed by atoms with E-state index in [1.165, 1.54) is 23.4 Å². The lowest BCUT2D eigenvalue weighted by atomic mass is 9.99. The van der Waals surface area contributed by atoms with Gasteiger partial charge in [-0.25, -0.2) is 4.98 Å². The summed E-state index contributed by atoms with van der Waals surface area (Å²) in [6, 6.07) is 0.752. The monoisotopic (exact) mass is 267 g/mol. The molecule has 0 fully saturated rings. The fourth-order valence-corrected chi connectivity index (χ4v) is 3.83. The van der Waals surface area contributed by atoms with Crippen molar-refractivity contribution in [2.45, 2.75) is 58.5 Å². The zero-order valence-electron chi connectivity index (χ0n) is 11.9. The Kier molecular flexibility index (Phi) is 4.28. The molecule has 0 amide bonds. The number of hydrogen-bond acceptors (Lipinski definition) is 4. The van der Waals surface area contributed by atoms with E-state index in [-0.39, 0.29) is 6.04 Å². The van der Waals surface area contributed by atoms with Crippen molar-refractivity contribution in [1.82, 2.24) is 4.98 Å². The van der Waals surface area contributed by atoms with Crippen LogP contribution >= 0.6 is 11.3 Å². The Balaban J connectivity index is 2.14. The number of thiazole rings is 1. The molecule has 4 heteroatoms. The van der Waals surface area contributed by atoms with Gasteiger partial charge in [0.25, 0.3) is 0 Å². The molecule has 0 bridgehead atoms. The molecule has 1 aliphatic rings. The zero-order chi connectivity index (χ0) is 13.3. The summed E-state index contributed by atoms with van der Waals surface area (Å²) in [6.07, 6.45) is 4.60. The van der Waals surface area contributed by atoms with Gasteiger partial charge in [-0.2, -0.15) is 0 Å². The number of aromatic nitrogens is 1. The summed E-state index contributed by atoms with van der Waals surface area (Å²) in [7, 11) is 2.16. The van der Waals surface area contributed by atoms with E-state index in [0.29, 0.717) is 6.04 Å². The molecule has 18 heavy (non-hydrogen) atoms. The highest BCUT2D eigenvalue weighted by molar-refractivity contribution is 7.15. The summed E-state index contributed by atoms with van der Waals surface area (Å²) in [4.78, 5) is 8.43. The summed E-state index contributed by atoms with van der Waals surface area (Å²) in [5.41, 5.74) is 7.42. The molecule has 2 atom stereocenters.